The molecule has 32 heavy (non-hydrogen) atoms. The van der Waals surface area contributed by atoms with Gasteiger partial charge in [0.05, 0.1) is 19.9 Å². The van der Waals surface area contributed by atoms with E-state index in [0.717, 1.165) is 23.2 Å². The number of thioether (sulfide) groups is 1. The van der Waals surface area contributed by atoms with Crippen molar-refractivity contribution in [2.75, 3.05) is 26.1 Å². The molecule has 1 saturated heterocycles. The van der Waals surface area contributed by atoms with E-state index < -0.39 is 5.25 Å². The lowest BCUT2D eigenvalue weighted by Gasteiger charge is -2.15. The number of ether oxygens (including phenoxy) is 2. The quantitative estimate of drug-likeness (QED) is 0.625. The van der Waals surface area contributed by atoms with Gasteiger partial charge in [-0.25, -0.2) is 4.99 Å². The number of aryl methyl sites for hydroxylation is 2. The van der Waals surface area contributed by atoms with Crippen LogP contribution >= 0.6 is 11.8 Å². The van der Waals surface area contributed by atoms with Crippen LogP contribution in [0.3, 0.4) is 0 Å². The van der Waals surface area contributed by atoms with Crippen molar-refractivity contribution in [3.05, 3.63) is 47.5 Å². The van der Waals surface area contributed by atoms with Crippen LogP contribution in [0.15, 0.2) is 41.4 Å². The number of hydrogen-bond acceptors (Lipinski definition) is 6. The lowest BCUT2D eigenvalue weighted by atomic mass is 10.1. The van der Waals surface area contributed by atoms with E-state index in [2.05, 4.69) is 11.4 Å². The van der Waals surface area contributed by atoms with E-state index in [1.807, 2.05) is 32.9 Å². The van der Waals surface area contributed by atoms with Gasteiger partial charge in [0.25, 0.3) is 0 Å². The molecule has 1 aliphatic heterocycles. The van der Waals surface area contributed by atoms with E-state index in [9.17, 15) is 9.59 Å². The number of carbonyl (C=O) groups excluding carboxylic acids is 2. The minimum Gasteiger partial charge on any atom is -0.493 e. The van der Waals surface area contributed by atoms with Crippen LogP contribution in [-0.2, 0) is 9.59 Å². The van der Waals surface area contributed by atoms with Crippen molar-refractivity contribution in [1.29, 1.82) is 0 Å². The average Bonchev–Trinajstić information content (AvgIpc) is 3.04. The third-order valence-electron chi connectivity index (χ3n) is 5.07. The molecule has 2 aromatic carbocycles. The van der Waals surface area contributed by atoms with Gasteiger partial charge in [0, 0.05) is 24.7 Å². The molecule has 0 saturated carbocycles. The van der Waals surface area contributed by atoms with Crippen molar-refractivity contribution in [2.45, 2.75) is 38.9 Å². The first kappa shape index (κ1) is 23.7. The SMILES string of the molecule is CCCN1C(=O)C(CC(=O)Nc2ccc(OC)c(OC)c2)SC1=Nc1ccc(C)cc1C. The van der Waals surface area contributed by atoms with Gasteiger partial charge in [0.15, 0.2) is 16.7 Å². The summed E-state index contributed by atoms with van der Waals surface area (Å²) in [6.45, 7) is 6.63. The second-order valence-electron chi connectivity index (χ2n) is 7.60. The second-order valence-corrected chi connectivity index (χ2v) is 8.77. The third kappa shape index (κ3) is 5.43. The highest BCUT2D eigenvalue weighted by Gasteiger charge is 2.38. The molecule has 1 unspecified atom stereocenters. The van der Waals surface area contributed by atoms with Gasteiger partial charge >= 0.3 is 0 Å². The topological polar surface area (TPSA) is 80.2 Å². The van der Waals surface area contributed by atoms with E-state index in [0.29, 0.717) is 28.9 Å². The van der Waals surface area contributed by atoms with Crippen LogP contribution < -0.4 is 14.8 Å². The summed E-state index contributed by atoms with van der Waals surface area (Å²) in [5.41, 5.74) is 3.63. The number of anilines is 1. The first-order chi connectivity index (χ1) is 15.4. The molecule has 1 fully saturated rings. The Morgan fingerprint density at radius 1 is 1.12 bits per heavy atom. The minimum absolute atomic E-state index is 0.0595. The van der Waals surface area contributed by atoms with Crippen LogP contribution in [0.4, 0.5) is 11.4 Å². The Labute approximate surface area is 193 Å². The maximum atomic E-state index is 13.0. The van der Waals surface area contributed by atoms with E-state index in [1.54, 1.807) is 30.2 Å². The lowest BCUT2D eigenvalue weighted by molar-refractivity contribution is -0.128. The third-order valence-corrected chi connectivity index (χ3v) is 6.25. The average molecular weight is 456 g/mol. The van der Waals surface area contributed by atoms with Crippen molar-refractivity contribution in [3.63, 3.8) is 0 Å². The van der Waals surface area contributed by atoms with Crippen LogP contribution in [-0.4, -0.2) is 47.9 Å². The number of benzene rings is 2. The summed E-state index contributed by atoms with van der Waals surface area (Å²) >= 11 is 1.35. The van der Waals surface area contributed by atoms with Crippen molar-refractivity contribution in [3.8, 4) is 11.5 Å². The maximum Gasteiger partial charge on any atom is 0.242 e. The number of amidine groups is 1. The van der Waals surface area contributed by atoms with E-state index in [-0.39, 0.29) is 18.2 Å². The molecule has 1 atom stereocenters. The standard InChI is InChI=1S/C24H29N3O4S/c1-6-11-27-23(29)21(32-24(27)26-18-9-7-15(2)12-16(18)3)14-22(28)25-17-8-10-19(30-4)20(13-17)31-5/h7-10,12-13,21H,6,11,14H2,1-5H3,(H,25,28). The van der Waals surface area contributed by atoms with Gasteiger partial charge in [0.1, 0.15) is 5.25 Å². The van der Waals surface area contributed by atoms with Gasteiger partial charge in [-0.05, 0) is 44.0 Å². The summed E-state index contributed by atoms with van der Waals surface area (Å²) in [6, 6.07) is 11.2. The fourth-order valence-corrected chi connectivity index (χ4v) is 4.66. The summed E-state index contributed by atoms with van der Waals surface area (Å²) in [4.78, 5) is 32.1. The molecular weight excluding hydrogens is 426 g/mol. The first-order valence-electron chi connectivity index (χ1n) is 10.5. The number of aliphatic imine (C=N–C) groups is 1. The zero-order valence-electron chi connectivity index (χ0n) is 19.1. The second kappa shape index (κ2) is 10.5. The van der Waals surface area contributed by atoms with Crippen LogP contribution in [0.1, 0.15) is 30.9 Å². The highest BCUT2D eigenvalue weighted by atomic mass is 32.2. The summed E-state index contributed by atoms with van der Waals surface area (Å²) in [7, 11) is 3.09. The molecule has 0 aromatic heterocycles. The monoisotopic (exact) mass is 455 g/mol. The highest BCUT2D eigenvalue weighted by molar-refractivity contribution is 8.15. The van der Waals surface area contributed by atoms with Crippen LogP contribution in [0.25, 0.3) is 0 Å². The van der Waals surface area contributed by atoms with E-state index in [1.165, 1.54) is 18.9 Å². The minimum atomic E-state index is -0.508. The Morgan fingerprint density at radius 3 is 2.53 bits per heavy atom. The molecule has 0 bridgehead atoms. The molecule has 2 amide bonds. The maximum absolute atomic E-state index is 13.0. The van der Waals surface area contributed by atoms with Gasteiger partial charge in [-0.3, -0.25) is 14.5 Å². The first-order valence-corrected chi connectivity index (χ1v) is 11.4. The predicted molar refractivity (Wildman–Crippen MR) is 129 cm³/mol. The van der Waals surface area contributed by atoms with Crippen molar-refractivity contribution < 1.29 is 19.1 Å². The van der Waals surface area contributed by atoms with Crippen LogP contribution in [0.2, 0.25) is 0 Å². The van der Waals surface area contributed by atoms with E-state index >= 15 is 0 Å². The zero-order valence-corrected chi connectivity index (χ0v) is 19.9. The molecule has 3 rings (SSSR count). The van der Waals surface area contributed by atoms with Gasteiger partial charge in [-0.15, -0.1) is 0 Å². The van der Waals surface area contributed by atoms with Crippen LogP contribution in [0.5, 0.6) is 11.5 Å². The number of amides is 2. The molecule has 1 heterocycles. The van der Waals surface area contributed by atoms with E-state index in [4.69, 9.17) is 14.5 Å². The number of hydrogen-bond donors (Lipinski definition) is 1. The molecule has 1 aliphatic rings. The number of rotatable bonds is 8. The Morgan fingerprint density at radius 2 is 1.88 bits per heavy atom. The highest BCUT2D eigenvalue weighted by Crippen LogP contribution is 2.34. The fraction of sp³-hybridized carbons (Fsp3) is 0.375. The largest absolute Gasteiger partial charge is 0.493 e. The van der Waals surface area contributed by atoms with Gasteiger partial charge in [-0.2, -0.15) is 0 Å². The number of carbonyl (C=O) groups is 2. The Hall–Kier alpha value is -3.00. The van der Waals surface area contributed by atoms with Gasteiger partial charge in [0.2, 0.25) is 11.8 Å². The summed E-state index contributed by atoms with van der Waals surface area (Å²) in [6.07, 6.45) is 0.868. The van der Waals surface area contributed by atoms with Crippen molar-refractivity contribution in [2.24, 2.45) is 4.99 Å². The Bertz CT molecular complexity index is 1040. The molecule has 1 N–H and O–H groups in total. The number of nitrogens with one attached hydrogen (secondary N) is 1. The molecule has 2 aromatic rings. The molecule has 8 heteroatoms. The molecule has 0 spiro atoms. The summed E-state index contributed by atoms with van der Waals surface area (Å²) in [5, 5.41) is 2.98. The van der Waals surface area contributed by atoms with Crippen molar-refractivity contribution >= 4 is 40.1 Å². The molecule has 170 valence electrons. The lowest BCUT2D eigenvalue weighted by Crippen LogP contribution is -2.34. The number of methoxy groups -OCH3 is 2. The molecular formula is C24H29N3O4S. The smallest absolute Gasteiger partial charge is 0.242 e. The molecule has 0 aliphatic carbocycles. The molecule has 0 radical (unpaired) electrons. The Kier molecular flexibility index (Phi) is 7.80. The molecule has 7 nitrogen and oxygen atoms in total. The number of nitrogens with zero attached hydrogens (tertiary/aromatic N) is 2. The van der Waals surface area contributed by atoms with Gasteiger partial charge < -0.3 is 14.8 Å². The fourth-order valence-electron chi connectivity index (χ4n) is 3.48. The summed E-state index contributed by atoms with van der Waals surface area (Å²) < 4.78 is 10.5. The Balaban J connectivity index is 1.74. The van der Waals surface area contributed by atoms with Crippen molar-refractivity contribution in [1.82, 2.24) is 4.90 Å². The normalized spacial score (nSPS) is 17.0. The zero-order chi connectivity index (χ0) is 23.3. The summed E-state index contributed by atoms with van der Waals surface area (Å²) in [5.74, 6) is 0.776. The van der Waals surface area contributed by atoms with Crippen LogP contribution in [0, 0.1) is 13.8 Å². The van der Waals surface area contributed by atoms with Gasteiger partial charge in [-0.1, -0.05) is 36.4 Å². The predicted octanol–water partition coefficient (Wildman–Crippen LogP) is 4.69.